The van der Waals surface area contributed by atoms with Crippen molar-refractivity contribution in [2.45, 2.75) is 19.9 Å². The molecule has 5 N–H and O–H groups in total. The molecule has 2 aromatic rings. The van der Waals surface area contributed by atoms with E-state index < -0.39 is 20.1 Å². The third kappa shape index (κ3) is 8.13. The monoisotopic (exact) mass is 468 g/mol. The van der Waals surface area contributed by atoms with Crippen LogP contribution in [-0.2, 0) is 24.6 Å². The first kappa shape index (κ1) is 24.5. The van der Waals surface area contributed by atoms with E-state index in [1.54, 1.807) is 24.3 Å². The maximum atomic E-state index is 11.9. The van der Waals surface area contributed by atoms with E-state index in [0.717, 1.165) is 5.56 Å². The van der Waals surface area contributed by atoms with Crippen LogP contribution in [0.15, 0.2) is 48.5 Å². The quantitative estimate of drug-likeness (QED) is 0.418. The summed E-state index contributed by atoms with van der Waals surface area (Å²) in [6, 6.07) is 12.9. The summed E-state index contributed by atoms with van der Waals surface area (Å²) < 4.78 is 35.0. The Bertz CT molecular complexity index is 868. The van der Waals surface area contributed by atoms with Gasteiger partial charge in [-0.05, 0) is 0 Å². The van der Waals surface area contributed by atoms with Crippen molar-refractivity contribution in [3.63, 3.8) is 0 Å². The molecule has 0 aliphatic rings. The number of benzene rings is 2. The number of aromatic hydroxyl groups is 1. The molecule has 0 radical (unpaired) electrons. The van der Waals surface area contributed by atoms with Crippen LogP contribution in [0.2, 0.25) is 0 Å². The van der Waals surface area contributed by atoms with Gasteiger partial charge in [0.25, 0.3) is 0 Å². The van der Waals surface area contributed by atoms with Crippen molar-refractivity contribution in [3.8, 4) is 5.75 Å². The molecule has 0 aromatic heterocycles. The van der Waals surface area contributed by atoms with E-state index in [2.05, 4.69) is 4.74 Å². The van der Waals surface area contributed by atoms with E-state index in [4.69, 9.17) is 5.73 Å². The summed E-state index contributed by atoms with van der Waals surface area (Å²) >= 11 is -5.30. The number of phenolic OH excluding ortho intramolecular Hbond substituents is 1. The molecule has 2 amide bonds. The predicted molar refractivity (Wildman–Crippen MR) is 108 cm³/mol. The average molecular weight is 468 g/mol. The molecule has 29 heavy (non-hydrogen) atoms. The molecule has 0 saturated heterocycles. The van der Waals surface area contributed by atoms with E-state index in [1.165, 1.54) is 37.1 Å². The van der Waals surface area contributed by atoms with E-state index >= 15 is 0 Å². The Kier molecular flexibility index (Phi) is 9.64. The number of phenols is 1. The fourth-order valence-corrected chi connectivity index (χ4v) is 4.01. The maximum absolute atomic E-state index is 11.9. The second kappa shape index (κ2) is 11.4. The summed E-state index contributed by atoms with van der Waals surface area (Å²) in [4.78, 5) is 23.0. The zero-order chi connectivity index (χ0) is 22.0. The minimum absolute atomic E-state index is 0.108. The summed E-state index contributed by atoms with van der Waals surface area (Å²) in [5.74, 6) is -1.08. The third-order valence-corrected chi connectivity index (χ3v) is 5.77. The fraction of sp³-hybridized carbons (Fsp3) is 0.263. The molecule has 10 heteroatoms. The number of carbonyl (C=O) groups is 2. The Morgan fingerprint density at radius 2 is 1.72 bits per heavy atom. The Morgan fingerprint density at radius 1 is 1.10 bits per heavy atom. The third-order valence-electron chi connectivity index (χ3n) is 3.69. The van der Waals surface area contributed by atoms with Gasteiger partial charge < -0.3 is 10.5 Å². The topological polar surface area (TPSA) is 150 Å². The number of nitrogens with zero attached hydrogens (tertiary/aromatic N) is 1. The number of primary amides is 1. The molecule has 0 fully saturated rings. The maximum Gasteiger partial charge on any atom is 0.219 e. The van der Waals surface area contributed by atoms with Crippen LogP contribution >= 0.6 is 0 Å². The standard InChI is InChI=1S/C15H16AsNO5.C4H9NO2/c1-11(18)17(10-12-6-3-2-4-7-12)15-13(16(20,21)22)8-5-9-14(15)19;1-7-3-2-4(5)6/h2-9,19H,10H2,1H3,(H2,20,21,22);2-3H2,1H3,(H2,5,6). The van der Waals surface area contributed by atoms with Crippen molar-refractivity contribution >= 4 is 36.0 Å². The molecule has 158 valence electrons. The molecule has 0 spiro atoms. The number of hydrogen-bond acceptors (Lipinski definition) is 5. The molecule has 0 aliphatic carbocycles. The van der Waals surface area contributed by atoms with Gasteiger partial charge in [-0.2, -0.15) is 0 Å². The van der Waals surface area contributed by atoms with Crippen LogP contribution in [0.4, 0.5) is 5.69 Å². The zero-order valence-corrected chi connectivity index (χ0v) is 18.1. The second-order valence-corrected chi connectivity index (χ2v) is 9.28. The van der Waals surface area contributed by atoms with Gasteiger partial charge in [0.05, 0.1) is 6.61 Å². The number of anilines is 1. The van der Waals surface area contributed by atoms with E-state index in [0.29, 0.717) is 13.0 Å². The number of nitrogens with two attached hydrogens (primary N) is 1. The number of hydrogen-bond donors (Lipinski definition) is 4. The fourth-order valence-electron chi connectivity index (χ4n) is 2.35. The first-order valence-corrected chi connectivity index (χ1v) is 11.9. The van der Waals surface area contributed by atoms with Crippen LogP contribution in [0.25, 0.3) is 0 Å². The number of para-hydroxylation sites is 1. The van der Waals surface area contributed by atoms with Crippen LogP contribution in [0.5, 0.6) is 5.75 Å². The van der Waals surface area contributed by atoms with Gasteiger partial charge in [0.1, 0.15) is 0 Å². The van der Waals surface area contributed by atoms with Crippen LogP contribution < -0.4 is 15.0 Å². The van der Waals surface area contributed by atoms with Gasteiger partial charge in [0.15, 0.2) is 0 Å². The summed E-state index contributed by atoms with van der Waals surface area (Å²) in [5.41, 5.74) is 5.41. The Labute approximate surface area is 171 Å². The van der Waals surface area contributed by atoms with Gasteiger partial charge in [-0.1, -0.05) is 0 Å². The van der Waals surface area contributed by atoms with E-state index in [-0.39, 0.29) is 28.2 Å². The van der Waals surface area contributed by atoms with Gasteiger partial charge in [-0.15, -0.1) is 0 Å². The molecular formula is C19H25AsN2O7. The minimum atomic E-state index is -5.30. The van der Waals surface area contributed by atoms with Crippen LogP contribution in [-0.4, -0.2) is 53.0 Å². The minimum Gasteiger partial charge on any atom is -0.384 e. The summed E-state index contributed by atoms with van der Waals surface area (Å²) in [5, 5.41) is 10.0. The van der Waals surface area contributed by atoms with Crippen LogP contribution in [0.3, 0.4) is 0 Å². The van der Waals surface area contributed by atoms with Crippen LogP contribution in [0.1, 0.15) is 18.9 Å². The van der Waals surface area contributed by atoms with Crippen molar-refractivity contribution in [1.82, 2.24) is 0 Å². The van der Waals surface area contributed by atoms with Crippen molar-refractivity contribution < 1.29 is 31.4 Å². The molecule has 0 saturated carbocycles. The zero-order valence-electron chi connectivity index (χ0n) is 16.2. The van der Waals surface area contributed by atoms with Crippen LogP contribution in [0, 0.1) is 0 Å². The Balaban J connectivity index is 0.000000516. The van der Waals surface area contributed by atoms with Gasteiger partial charge >= 0.3 is 130 Å². The Morgan fingerprint density at radius 3 is 2.17 bits per heavy atom. The molecule has 0 heterocycles. The van der Waals surface area contributed by atoms with Gasteiger partial charge in [0.2, 0.25) is 5.91 Å². The largest absolute Gasteiger partial charge is 0.384 e. The SMILES string of the molecule is CC(=O)N(Cc1ccccc1)c1c(O)cccc1[As](=O)(O)O.COCCC(N)=O. The molecule has 0 unspecified atom stereocenters. The first-order valence-electron chi connectivity index (χ1n) is 8.55. The van der Waals surface area contributed by atoms with Crippen molar-refractivity contribution in [1.29, 1.82) is 0 Å². The molecule has 2 aromatic carbocycles. The molecular weight excluding hydrogens is 443 g/mol. The van der Waals surface area contributed by atoms with E-state index in [9.17, 15) is 26.6 Å². The van der Waals surface area contributed by atoms with Crippen molar-refractivity contribution in [2.75, 3.05) is 18.6 Å². The van der Waals surface area contributed by atoms with Gasteiger partial charge in [0, 0.05) is 13.5 Å². The number of ether oxygens (including phenoxy) is 1. The molecule has 9 nitrogen and oxygen atoms in total. The summed E-state index contributed by atoms with van der Waals surface area (Å²) in [6.07, 6.45) is 0.316. The number of amides is 2. The molecule has 0 bridgehead atoms. The Hall–Kier alpha value is -2.58. The normalized spacial score (nSPS) is 10.6. The summed E-state index contributed by atoms with van der Waals surface area (Å²) in [7, 11) is 1.53. The number of methoxy groups -OCH3 is 1. The number of rotatable bonds is 7. The second-order valence-electron chi connectivity index (χ2n) is 5.99. The van der Waals surface area contributed by atoms with Gasteiger partial charge in [-0.25, -0.2) is 0 Å². The van der Waals surface area contributed by atoms with Crippen molar-refractivity contribution in [3.05, 3.63) is 54.1 Å². The smallest absolute Gasteiger partial charge is 0.219 e. The first-order chi connectivity index (χ1) is 13.6. The molecule has 0 atom stereocenters. The average Bonchev–Trinajstić information content (AvgIpc) is 2.65. The predicted octanol–water partition coefficient (Wildman–Crippen LogP) is 0.0145. The molecule has 0 aliphatic heterocycles. The van der Waals surface area contributed by atoms with Crippen molar-refractivity contribution in [2.24, 2.45) is 5.73 Å². The molecule has 2 rings (SSSR count). The number of carbonyl (C=O) groups excluding carboxylic acids is 2. The summed E-state index contributed by atoms with van der Waals surface area (Å²) in [6.45, 7) is 1.82. The van der Waals surface area contributed by atoms with E-state index in [1.807, 2.05) is 6.07 Å². The van der Waals surface area contributed by atoms with Gasteiger partial charge in [-0.3, -0.25) is 4.79 Å².